The fraction of sp³-hybridized carbons (Fsp3) is 0.286. The SMILES string of the molecule is c1cnc(OC2CCN(Cc3ccc(Oc4nc5nccnc5s4)cc3)CC2)nc1. The lowest BCUT2D eigenvalue weighted by Crippen LogP contribution is -2.38. The van der Waals surface area contributed by atoms with Gasteiger partial charge >= 0.3 is 6.01 Å². The number of benzene rings is 1. The zero-order valence-corrected chi connectivity index (χ0v) is 17.0. The number of hydrogen-bond donors (Lipinski definition) is 0. The van der Waals surface area contributed by atoms with E-state index >= 15 is 0 Å². The Morgan fingerprint density at radius 3 is 2.47 bits per heavy atom. The third-order valence-corrected chi connectivity index (χ3v) is 5.74. The number of nitrogens with zero attached hydrogens (tertiary/aromatic N) is 6. The first-order valence-electron chi connectivity index (χ1n) is 9.82. The zero-order chi connectivity index (χ0) is 20.2. The second kappa shape index (κ2) is 8.68. The van der Waals surface area contributed by atoms with Gasteiger partial charge in [0.25, 0.3) is 5.19 Å². The van der Waals surface area contributed by atoms with Crippen LogP contribution in [0.15, 0.2) is 55.1 Å². The predicted octanol–water partition coefficient (Wildman–Crippen LogP) is 3.71. The summed E-state index contributed by atoms with van der Waals surface area (Å²) >= 11 is 1.39. The summed E-state index contributed by atoms with van der Waals surface area (Å²) in [6.07, 6.45) is 8.81. The van der Waals surface area contributed by atoms with Crippen LogP contribution in [0.1, 0.15) is 18.4 Å². The highest BCUT2D eigenvalue weighted by Crippen LogP contribution is 2.29. The van der Waals surface area contributed by atoms with E-state index in [9.17, 15) is 0 Å². The lowest BCUT2D eigenvalue weighted by Gasteiger charge is -2.31. The Labute approximate surface area is 177 Å². The predicted molar refractivity (Wildman–Crippen MR) is 113 cm³/mol. The lowest BCUT2D eigenvalue weighted by atomic mass is 10.1. The van der Waals surface area contributed by atoms with Crippen molar-refractivity contribution in [3.05, 3.63) is 60.7 Å². The van der Waals surface area contributed by atoms with E-state index in [4.69, 9.17) is 9.47 Å². The molecule has 8 nitrogen and oxygen atoms in total. The van der Waals surface area contributed by atoms with Gasteiger partial charge in [-0.05, 0) is 36.6 Å². The molecule has 0 spiro atoms. The van der Waals surface area contributed by atoms with E-state index in [0.717, 1.165) is 43.1 Å². The molecule has 9 heteroatoms. The van der Waals surface area contributed by atoms with E-state index in [1.54, 1.807) is 30.9 Å². The lowest BCUT2D eigenvalue weighted by molar-refractivity contribution is 0.0892. The summed E-state index contributed by atoms with van der Waals surface area (Å²) in [7, 11) is 0. The van der Waals surface area contributed by atoms with Gasteiger partial charge in [0.15, 0.2) is 10.5 Å². The Morgan fingerprint density at radius 2 is 1.70 bits per heavy atom. The highest BCUT2D eigenvalue weighted by atomic mass is 32.1. The molecule has 1 fully saturated rings. The quantitative estimate of drug-likeness (QED) is 0.467. The van der Waals surface area contributed by atoms with Crippen molar-refractivity contribution >= 4 is 21.8 Å². The van der Waals surface area contributed by atoms with E-state index in [0.29, 0.717) is 16.9 Å². The molecule has 0 N–H and O–H groups in total. The van der Waals surface area contributed by atoms with Crippen LogP contribution in [0.2, 0.25) is 0 Å². The van der Waals surface area contributed by atoms with E-state index in [2.05, 4.69) is 42.0 Å². The van der Waals surface area contributed by atoms with Crippen LogP contribution in [-0.2, 0) is 6.54 Å². The highest BCUT2D eigenvalue weighted by Gasteiger charge is 2.21. The minimum absolute atomic E-state index is 0.178. The first-order valence-corrected chi connectivity index (χ1v) is 10.6. The third-order valence-electron chi connectivity index (χ3n) is 4.91. The Kier molecular flexibility index (Phi) is 5.45. The second-order valence-corrected chi connectivity index (χ2v) is 7.98. The van der Waals surface area contributed by atoms with Crippen LogP contribution in [0.5, 0.6) is 17.0 Å². The Hall–Kier alpha value is -3.17. The number of likely N-dealkylation sites (tertiary alicyclic amines) is 1. The molecule has 0 radical (unpaired) electrons. The number of rotatable bonds is 6. The number of fused-ring (bicyclic) bond motifs is 1. The van der Waals surface area contributed by atoms with Crippen molar-refractivity contribution in [3.8, 4) is 17.0 Å². The van der Waals surface area contributed by atoms with Crippen molar-refractivity contribution in [2.75, 3.05) is 13.1 Å². The molecule has 0 aliphatic carbocycles. The van der Waals surface area contributed by atoms with Crippen molar-refractivity contribution in [1.82, 2.24) is 29.8 Å². The average Bonchev–Trinajstić information content (AvgIpc) is 3.19. The summed E-state index contributed by atoms with van der Waals surface area (Å²) in [5.74, 6) is 0.757. The van der Waals surface area contributed by atoms with Crippen LogP contribution >= 0.6 is 11.3 Å². The summed E-state index contributed by atoms with van der Waals surface area (Å²) in [5, 5.41) is 0.549. The highest BCUT2D eigenvalue weighted by molar-refractivity contribution is 7.19. The molecule has 0 saturated carbocycles. The standard InChI is InChI=1S/C21H20N6O2S/c1-8-24-20(25-9-1)28-17-6-12-27(13-7-17)14-15-2-4-16(5-3-15)29-21-26-18-19(30-21)23-11-10-22-18/h1-5,8-11,17H,6-7,12-14H2. The molecule has 0 atom stereocenters. The molecule has 0 bridgehead atoms. The average molecular weight is 420 g/mol. The van der Waals surface area contributed by atoms with Gasteiger partial charge in [0.05, 0.1) is 0 Å². The van der Waals surface area contributed by atoms with Gasteiger partial charge in [-0.25, -0.2) is 19.9 Å². The number of aromatic nitrogens is 5. The van der Waals surface area contributed by atoms with Crippen LogP contribution in [0.25, 0.3) is 10.5 Å². The first kappa shape index (κ1) is 18.8. The van der Waals surface area contributed by atoms with Gasteiger partial charge in [-0.1, -0.05) is 23.5 Å². The van der Waals surface area contributed by atoms with Gasteiger partial charge in [-0.15, -0.1) is 0 Å². The normalized spacial score (nSPS) is 15.3. The Balaban J connectivity index is 1.13. The van der Waals surface area contributed by atoms with E-state index in [1.807, 2.05) is 12.1 Å². The van der Waals surface area contributed by atoms with E-state index < -0.39 is 0 Å². The second-order valence-electron chi connectivity index (χ2n) is 7.04. The van der Waals surface area contributed by atoms with Crippen molar-refractivity contribution in [2.45, 2.75) is 25.5 Å². The molecule has 0 unspecified atom stereocenters. The van der Waals surface area contributed by atoms with Crippen LogP contribution in [-0.4, -0.2) is 49.0 Å². The maximum absolute atomic E-state index is 5.87. The summed E-state index contributed by atoms with van der Waals surface area (Å²) in [5.41, 5.74) is 1.86. The maximum Gasteiger partial charge on any atom is 0.316 e. The smallest absolute Gasteiger partial charge is 0.316 e. The molecule has 1 aromatic carbocycles. The Morgan fingerprint density at radius 1 is 0.933 bits per heavy atom. The topological polar surface area (TPSA) is 86.2 Å². The fourth-order valence-electron chi connectivity index (χ4n) is 3.40. The summed E-state index contributed by atoms with van der Waals surface area (Å²) in [4.78, 5) is 24.3. The Bertz CT molecular complexity index is 1060. The molecule has 152 valence electrons. The van der Waals surface area contributed by atoms with Crippen molar-refractivity contribution in [1.29, 1.82) is 0 Å². The van der Waals surface area contributed by atoms with Crippen LogP contribution < -0.4 is 9.47 Å². The first-order chi connectivity index (χ1) is 14.8. The third kappa shape index (κ3) is 4.52. The van der Waals surface area contributed by atoms with Crippen molar-refractivity contribution in [2.24, 2.45) is 0 Å². The monoisotopic (exact) mass is 420 g/mol. The maximum atomic E-state index is 5.87. The van der Waals surface area contributed by atoms with Crippen LogP contribution in [0.3, 0.4) is 0 Å². The van der Waals surface area contributed by atoms with Gasteiger partial charge in [-0.2, -0.15) is 4.98 Å². The van der Waals surface area contributed by atoms with Gasteiger partial charge in [0.2, 0.25) is 0 Å². The molecule has 4 heterocycles. The largest absolute Gasteiger partial charge is 0.460 e. The molecule has 5 rings (SSSR count). The number of ether oxygens (including phenoxy) is 2. The molecule has 1 saturated heterocycles. The number of hydrogen-bond acceptors (Lipinski definition) is 9. The van der Waals surface area contributed by atoms with Gasteiger partial charge in [0.1, 0.15) is 11.9 Å². The van der Waals surface area contributed by atoms with Crippen molar-refractivity contribution < 1.29 is 9.47 Å². The van der Waals surface area contributed by atoms with Crippen LogP contribution in [0, 0.1) is 0 Å². The molecule has 30 heavy (non-hydrogen) atoms. The van der Waals surface area contributed by atoms with Gasteiger partial charge < -0.3 is 9.47 Å². The molecular weight excluding hydrogens is 400 g/mol. The number of piperidine rings is 1. The van der Waals surface area contributed by atoms with Gasteiger partial charge in [-0.3, -0.25) is 4.90 Å². The van der Waals surface area contributed by atoms with E-state index in [1.165, 1.54) is 16.9 Å². The molecule has 1 aliphatic heterocycles. The summed E-state index contributed by atoms with van der Waals surface area (Å²) in [6, 6.07) is 10.4. The molecule has 4 aromatic rings. The fourth-order valence-corrected chi connectivity index (χ4v) is 4.14. The summed E-state index contributed by atoms with van der Waals surface area (Å²) < 4.78 is 11.7. The minimum Gasteiger partial charge on any atom is -0.460 e. The zero-order valence-electron chi connectivity index (χ0n) is 16.2. The minimum atomic E-state index is 0.178. The number of thiazole rings is 1. The molecule has 3 aromatic heterocycles. The van der Waals surface area contributed by atoms with Crippen molar-refractivity contribution in [3.63, 3.8) is 0 Å². The summed E-state index contributed by atoms with van der Waals surface area (Å²) in [6.45, 7) is 2.88. The molecule has 0 amide bonds. The van der Waals surface area contributed by atoms with E-state index in [-0.39, 0.29) is 6.10 Å². The van der Waals surface area contributed by atoms with Crippen LogP contribution in [0.4, 0.5) is 0 Å². The molecule has 1 aliphatic rings. The molecular formula is C21H20N6O2S. The van der Waals surface area contributed by atoms with Gasteiger partial charge in [0, 0.05) is 44.4 Å².